The van der Waals surface area contributed by atoms with E-state index in [2.05, 4.69) is 28.8 Å². The fourth-order valence-corrected chi connectivity index (χ4v) is 2.82. The normalized spacial score (nSPS) is 20.3. The minimum atomic E-state index is -1.61. The summed E-state index contributed by atoms with van der Waals surface area (Å²) in [7, 11) is -1.61. The zero-order valence-electron chi connectivity index (χ0n) is 10.7. The van der Waals surface area contributed by atoms with Crippen LogP contribution < -0.4 is 5.59 Å². The first-order valence-corrected chi connectivity index (χ1v) is 6.06. The van der Waals surface area contributed by atoms with Crippen molar-refractivity contribution in [1.82, 2.24) is 14.6 Å². The van der Waals surface area contributed by atoms with Crippen LogP contribution in [0, 0.1) is 6.57 Å². The molecule has 2 heterocycles. The van der Waals surface area contributed by atoms with Gasteiger partial charge >= 0.3 is 7.12 Å². The lowest BCUT2D eigenvalue weighted by molar-refractivity contribution is 0.423. The van der Waals surface area contributed by atoms with Crippen molar-refractivity contribution in [1.29, 1.82) is 0 Å². The molecule has 96 valence electrons. The van der Waals surface area contributed by atoms with Crippen molar-refractivity contribution < 1.29 is 10.0 Å². The highest BCUT2D eigenvalue weighted by Gasteiger charge is 2.43. The molecule has 19 heavy (non-hydrogen) atoms. The molecule has 0 saturated heterocycles. The zero-order valence-corrected chi connectivity index (χ0v) is 10.7. The van der Waals surface area contributed by atoms with Gasteiger partial charge in [-0.2, -0.15) is 5.10 Å². The highest BCUT2D eigenvalue weighted by molar-refractivity contribution is 6.57. The van der Waals surface area contributed by atoms with Crippen molar-refractivity contribution >= 4 is 18.4 Å². The van der Waals surface area contributed by atoms with Crippen LogP contribution in [-0.4, -0.2) is 31.8 Å². The van der Waals surface area contributed by atoms with Crippen LogP contribution in [0.5, 0.6) is 0 Å². The van der Waals surface area contributed by atoms with Gasteiger partial charge in [0.1, 0.15) is 0 Å². The summed E-state index contributed by atoms with van der Waals surface area (Å²) in [6.07, 6.45) is 2.43. The first-order valence-electron chi connectivity index (χ1n) is 6.06. The van der Waals surface area contributed by atoms with Gasteiger partial charge in [-0.25, -0.2) is 16.1 Å². The maximum atomic E-state index is 9.20. The molecule has 0 aromatic carbocycles. The van der Waals surface area contributed by atoms with Crippen molar-refractivity contribution in [2.24, 2.45) is 0 Å². The van der Waals surface area contributed by atoms with Crippen molar-refractivity contribution in [2.75, 3.05) is 0 Å². The molecule has 2 aromatic heterocycles. The Balaban J connectivity index is 2.32. The molecule has 1 atom stereocenters. The van der Waals surface area contributed by atoms with E-state index in [1.165, 1.54) is 0 Å². The van der Waals surface area contributed by atoms with Gasteiger partial charge in [-0.1, -0.05) is 13.8 Å². The predicted molar refractivity (Wildman–Crippen MR) is 69.8 cm³/mol. The summed E-state index contributed by atoms with van der Waals surface area (Å²) in [5.41, 5.74) is 2.37. The van der Waals surface area contributed by atoms with E-state index >= 15 is 0 Å². The van der Waals surface area contributed by atoms with E-state index in [1.807, 2.05) is 0 Å². The average molecular weight is 256 g/mol. The molecule has 6 nitrogen and oxygen atoms in total. The highest BCUT2D eigenvalue weighted by Crippen LogP contribution is 2.45. The molecular formula is C12H13BN4O2. The van der Waals surface area contributed by atoms with Crippen LogP contribution in [0.1, 0.15) is 37.6 Å². The van der Waals surface area contributed by atoms with Crippen LogP contribution in [0.15, 0.2) is 12.3 Å². The summed E-state index contributed by atoms with van der Waals surface area (Å²) < 4.78 is 1.63. The lowest BCUT2D eigenvalue weighted by Crippen LogP contribution is -2.31. The lowest BCUT2D eigenvalue weighted by atomic mass is 9.87. The summed E-state index contributed by atoms with van der Waals surface area (Å²) in [6, 6.07) is 1.35. The third-order valence-corrected chi connectivity index (χ3v) is 3.65. The molecule has 0 aliphatic heterocycles. The third kappa shape index (κ3) is 1.64. The van der Waals surface area contributed by atoms with Crippen LogP contribution in [0.4, 0.5) is 0 Å². The van der Waals surface area contributed by atoms with Gasteiger partial charge in [0.15, 0.2) is 5.65 Å². The molecule has 0 saturated carbocycles. The molecule has 0 radical (unpaired) electrons. The molecule has 7 heteroatoms. The molecule has 0 fully saturated rings. The fraction of sp³-hybridized carbons (Fsp3) is 0.417. The Morgan fingerprint density at radius 2 is 2.26 bits per heavy atom. The molecule has 1 aliphatic carbocycles. The van der Waals surface area contributed by atoms with Gasteiger partial charge in [0.25, 0.3) is 6.04 Å². The van der Waals surface area contributed by atoms with Crippen molar-refractivity contribution in [3.63, 3.8) is 0 Å². The topological polar surface area (TPSA) is 75.0 Å². The molecule has 3 rings (SSSR count). The number of nitrogens with zero attached hydrogens (tertiary/aromatic N) is 4. The molecule has 1 aliphatic rings. The first-order chi connectivity index (χ1) is 8.94. The summed E-state index contributed by atoms with van der Waals surface area (Å²) in [5, 5.41) is 22.6. The van der Waals surface area contributed by atoms with E-state index in [4.69, 9.17) is 6.57 Å². The van der Waals surface area contributed by atoms with Gasteiger partial charge in [0, 0.05) is 24.1 Å². The molecule has 0 spiro atoms. The second-order valence-electron chi connectivity index (χ2n) is 5.51. The minimum Gasteiger partial charge on any atom is -0.422 e. The monoisotopic (exact) mass is 256 g/mol. The van der Waals surface area contributed by atoms with E-state index in [0.29, 0.717) is 5.65 Å². The van der Waals surface area contributed by atoms with E-state index in [0.717, 1.165) is 17.7 Å². The average Bonchev–Trinajstić information content (AvgIpc) is 2.87. The summed E-state index contributed by atoms with van der Waals surface area (Å²) in [6.45, 7) is 11.4. The maximum absolute atomic E-state index is 9.20. The summed E-state index contributed by atoms with van der Waals surface area (Å²) in [5.74, 6) is 0. The first kappa shape index (κ1) is 12.1. The van der Waals surface area contributed by atoms with Crippen LogP contribution in [0.25, 0.3) is 10.5 Å². The largest absolute Gasteiger partial charge is 0.510 e. The Morgan fingerprint density at radius 1 is 1.53 bits per heavy atom. The number of rotatable bonds is 1. The second-order valence-corrected chi connectivity index (χ2v) is 5.51. The fourth-order valence-electron chi connectivity index (χ4n) is 2.82. The van der Waals surface area contributed by atoms with Crippen LogP contribution in [-0.2, 0) is 5.41 Å². The molecule has 1 unspecified atom stereocenters. The van der Waals surface area contributed by atoms with Gasteiger partial charge in [-0.15, -0.1) is 0 Å². The number of aromatic nitrogens is 3. The van der Waals surface area contributed by atoms with Crippen molar-refractivity contribution in [2.45, 2.75) is 31.7 Å². The molecule has 0 bridgehead atoms. The quantitative estimate of drug-likeness (QED) is 0.558. The van der Waals surface area contributed by atoms with E-state index < -0.39 is 7.12 Å². The molecular weight excluding hydrogens is 243 g/mol. The molecule has 0 amide bonds. The van der Waals surface area contributed by atoms with Gasteiger partial charge < -0.3 is 14.9 Å². The smallest absolute Gasteiger partial charge is 0.422 e. The number of hydrogen-bond donors (Lipinski definition) is 2. The number of hydrogen-bond acceptors (Lipinski definition) is 4. The SMILES string of the molecule is [C-]#[N+]C1CC(C)(C)c2c1cnc1cc(B(O)O)nn21. The van der Waals surface area contributed by atoms with Crippen molar-refractivity contribution in [3.8, 4) is 0 Å². The Labute approximate surface area is 110 Å². The Hall–Kier alpha value is -1.91. The minimum absolute atomic E-state index is 0.169. The van der Waals surface area contributed by atoms with Gasteiger partial charge in [-0.05, 0) is 0 Å². The van der Waals surface area contributed by atoms with E-state index in [9.17, 15) is 10.0 Å². The Bertz CT molecular complexity index is 702. The summed E-state index contributed by atoms with van der Waals surface area (Å²) in [4.78, 5) is 7.90. The molecule has 2 N–H and O–H groups in total. The number of fused-ring (bicyclic) bond motifs is 3. The van der Waals surface area contributed by atoms with Gasteiger partial charge in [0.2, 0.25) is 0 Å². The van der Waals surface area contributed by atoms with Crippen LogP contribution >= 0.6 is 0 Å². The Kier molecular flexibility index (Phi) is 2.42. The lowest BCUT2D eigenvalue weighted by Gasteiger charge is -2.17. The Morgan fingerprint density at radius 3 is 2.89 bits per heavy atom. The highest BCUT2D eigenvalue weighted by atomic mass is 16.4. The van der Waals surface area contributed by atoms with E-state index in [1.54, 1.807) is 16.8 Å². The van der Waals surface area contributed by atoms with E-state index in [-0.39, 0.29) is 17.1 Å². The van der Waals surface area contributed by atoms with Gasteiger partial charge in [0.05, 0.1) is 16.9 Å². The summed E-state index contributed by atoms with van der Waals surface area (Å²) >= 11 is 0. The maximum Gasteiger partial charge on any atom is 0.510 e. The van der Waals surface area contributed by atoms with Crippen molar-refractivity contribution in [3.05, 3.63) is 34.9 Å². The molecule has 2 aromatic rings. The van der Waals surface area contributed by atoms with Crippen LogP contribution in [0.2, 0.25) is 0 Å². The standard InChI is InChI=1S/C12H13BN4O2/c1-12(2)5-8(14-3)7-6-15-10-4-9(13(18)19)16-17(10)11(7)12/h4,6,8,18-19H,5H2,1-2H3. The predicted octanol–water partition coefficient (Wildman–Crippen LogP) is 0.0508. The third-order valence-electron chi connectivity index (χ3n) is 3.65. The second kappa shape index (κ2) is 3.79. The van der Waals surface area contributed by atoms with Gasteiger partial charge in [-0.3, -0.25) is 0 Å². The van der Waals surface area contributed by atoms with Crippen LogP contribution in [0.3, 0.4) is 0 Å². The zero-order chi connectivity index (χ0) is 13.8.